The zero-order chi connectivity index (χ0) is 14.5. The van der Waals surface area contributed by atoms with Crippen LogP contribution in [0.5, 0.6) is 0 Å². The molecule has 3 nitrogen and oxygen atoms in total. The van der Waals surface area contributed by atoms with Gasteiger partial charge in [-0.3, -0.25) is 4.90 Å². The lowest BCUT2D eigenvalue weighted by Gasteiger charge is -2.19. The Morgan fingerprint density at radius 2 is 2.14 bits per heavy atom. The van der Waals surface area contributed by atoms with Crippen molar-refractivity contribution >= 4 is 0 Å². The Bertz CT molecular complexity index is 425. The van der Waals surface area contributed by atoms with Crippen molar-refractivity contribution in [2.75, 3.05) is 13.1 Å². The fourth-order valence-electron chi connectivity index (χ4n) is 3.49. The second-order valence-electron chi connectivity index (χ2n) is 6.89. The van der Waals surface area contributed by atoms with Gasteiger partial charge in [0, 0.05) is 18.2 Å². The molecule has 1 atom stereocenters. The molecule has 3 heteroatoms. The van der Waals surface area contributed by atoms with Gasteiger partial charge < -0.3 is 9.73 Å². The van der Waals surface area contributed by atoms with Gasteiger partial charge in [0.05, 0.1) is 12.8 Å². The predicted octanol–water partition coefficient (Wildman–Crippen LogP) is 3.93. The summed E-state index contributed by atoms with van der Waals surface area (Å²) >= 11 is 0. The largest absolute Gasteiger partial charge is 0.468 e. The Hall–Kier alpha value is -0.800. The minimum absolute atomic E-state index is 0.765. The fourth-order valence-corrected chi connectivity index (χ4v) is 3.49. The van der Waals surface area contributed by atoms with E-state index in [1.807, 2.05) is 6.26 Å². The van der Waals surface area contributed by atoms with E-state index in [2.05, 4.69) is 23.2 Å². The van der Waals surface area contributed by atoms with Crippen LogP contribution in [0.25, 0.3) is 0 Å². The second-order valence-corrected chi connectivity index (χ2v) is 6.89. The van der Waals surface area contributed by atoms with E-state index in [1.54, 1.807) is 0 Å². The van der Waals surface area contributed by atoms with Crippen LogP contribution < -0.4 is 5.32 Å². The number of furan rings is 1. The molecule has 2 fully saturated rings. The number of nitrogens with one attached hydrogen (secondary N) is 1. The summed E-state index contributed by atoms with van der Waals surface area (Å²) in [6.45, 7) is 6.75. The second kappa shape index (κ2) is 7.46. The van der Waals surface area contributed by atoms with E-state index < -0.39 is 0 Å². The van der Waals surface area contributed by atoms with Gasteiger partial charge in [0.25, 0.3) is 0 Å². The van der Waals surface area contributed by atoms with Crippen LogP contribution in [0.15, 0.2) is 16.7 Å². The van der Waals surface area contributed by atoms with Crippen molar-refractivity contribution in [1.82, 2.24) is 10.2 Å². The zero-order valence-corrected chi connectivity index (χ0v) is 13.4. The summed E-state index contributed by atoms with van der Waals surface area (Å²) in [5.41, 5.74) is 1.36. The van der Waals surface area contributed by atoms with Gasteiger partial charge in [0.15, 0.2) is 0 Å². The van der Waals surface area contributed by atoms with Crippen LogP contribution in [-0.4, -0.2) is 24.0 Å². The first-order valence-corrected chi connectivity index (χ1v) is 8.86. The molecule has 0 bridgehead atoms. The first-order chi connectivity index (χ1) is 10.3. The third kappa shape index (κ3) is 4.58. The van der Waals surface area contributed by atoms with E-state index in [4.69, 9.17) is 4.42 Å². The van der Waals surface area contributed by atoms with Crippen LogP contribution >= 0.6 is 0 Å². The van der Waals surface area contributed by atoms with E-state index in [-0.39, 0.29) is 0 Å². The number of likely N-dealkylation sites (tertiary alicyclic amines) is 1. The lowest BCUT2D eigenvalue weighted by atomic mass is 9.96. The highest BCUT2D eigenvalue weighted by Crippen LogP contribution is 2.24. The monoisotopic (exact) mass is 290 g/mol. The van der Waals surface area contributed by atoms with Crippen molar-refractivity contribution in [3.63, 3.8) is 0 Å². The molecule has 1 aliphatic carbocycles. The molecule has 2 heterocycles. The first-order valence-electron chi connectivity index (χ1n) is 8.86. The van der Waals surface area contributed by atoms with Crippen molar-refractivity contribution in [3.8, 4) is 0 Å². The van der Waals surface area contributed by atoms with Gasteiger partial charge in [-0.2, -0.15) is 0 Å². The standard InChI is InChI=1S/C18H30N2O/c1-2-4-15-5-3-10-20(11-8-15)14-18-16(9-12-21-18)13-19-17-6-7-17/h9,12,15,17,19H,2-8,10-11,13-14H2,1H3. The van der Waals surface area contributed by atoms with E-state index >= 15 is 0 Å². The third-order valence-corrected chi connectivity index (χ3v) is 5.00. The van der Waals surface area contributed by atoms with E-state index in [1.165, 1.54) is 69.4 Å². The van der Waals surface area contributed by atoms with Gasteiger partial charge in [-0.15, -0.1) is 0 Å². The van der Waals surface area contributed by atoms with E-state index in [0.717, 1.165) is 25.0 Å². The number of hydrogen-bond acceptors (Lipinski definition) is 3. The van der Waals surface area contributed by atoms with Gasteiger partial charge in [-0.05, 0) is 57.2 Å². The SMILES string of the molecule is CCCC1CCCN(Cc2occc2CNC2CC2)CC1. The van der Waals surface area contributed by atoms with E-state index in [9.17, 15) is 0 Å². The quantitative estimate of drug-likeness (QED) is 0.824. The Kier molecular flexibility index (Phi) is 5.37. The van der Waals surface area contributed by atoms with Crippen LogP contribution in [0.2, 0.25) is 0 Å². The summed E-state index contributed by atoms with van der Waals surface area (Å²) < 4.78 is 5.75. The highest BCUT2D eigenvalue weighted by molar-refractivity contribution is 5.17. The molecular weight excluding hydrogens is 260 g/mol. The van der Waals surface area contributed by atoms with Gasteiger partial charge >= 0.3 is 0 Å². The Morgan fingerprint density at radius 1 is 1.24 bits per heavy atom. The van der Waals surface area contributed by atoms with Gasteiger partial charge in [-0.25, -0.2) is 0 Å². The van der Waals surface area contributed by atoms with Crippen molar-refractivity contribution in [2.24, 2.45) is 5.92 Å². The molecule has 1 aromatic rings. The molecular formula is C18H30N2O. The molecule has 1 unspecified atom stereocenters. The highest BCUT2D eigenvalue weighted by atomic mass is 16.3. The number of rotatable bonds is 7. The normalized spacial score (nSPS) is 24.1. The molecule has 21 heavy (non-hydrogen) atoms. The average molecular weight is 290 g/mol. The average Bonchev–Trinajstić information content (AvgIpc) is 3.24. The summed E-state index contributed by atoms with van der Waals surface area (Å²) in [5, 5.41) is 3.59. The molecule has 1 saturated heterocycles. The van der Waals surface area contributed by atoms with Crippen molar-refractivity contribution in [2.45, 2.75) is 71.0 Å². The molecule has 1 N–H and O–H groups in total. The molecule has 3 rings (SSSR count). The minimum atomic E-state index is 0.765. The smallest absolute Gasteiger partial charge is 0.122 e. The molecule has 1 aliphatic heterocycles. The maximum atomic E-state index is 5.75. The Morgan fingerprint density at radius 3 is 2.95 bits per heavy atom. The Balaban J connectivity index is 1.50. The summed E-state index contributed by atoms with van der Waals surface area (Å²) in [5.74, 6) is 2.13. The lowest BCUT2D eigenvalue weighted by molar-refractivity contribution is 0.247. The molecule has 0 aromatic carbocycles. The van der Waals surface area contributed by atoms with Crippen molar-refractivity contribution in [1.29, 1.82) is 0 Å². The maximum Gasteiger partial charge on any atom is 0.122 e. The van der Waals surface area contributed by atoms with Crippen LogP contribution in [-0.2, 0) is 13.1 Å². The highest BCUT2D eigenvalue weighted by Gasteiger charge is 2.22. The van der Waals surface area contributed by atoms with Crippen LogP contribution in [0.4, 0.5) is 0 Å². The van der Waals surface area contributed by atoms with Crippen molar-refractivity contribution in [3.05, 3.63) is 23.7 Å². The number of nitrogens with zero attached hydrogens (tertiary/aromatic N) is 1. The van der Waals surface area contributed by atoms with Crippen molar-refractivity contribution < 1.29 is 4.42 Å². The molecule has 1 saturated carbocycles. The van der Waals surface area contributed by atoms with Gasteiger partial charge in [-0.1, -0.05) is 19.8 Å². The summed E-state index contributed by atoms with van der Waals surface area (Å²) in [6, 6.07) is 2.91. The number of hydrogen-bond donors (Lipinski definition) is 1. The van der Waals surface area contributed by atoms with Crippen LogP contribution in [0, 0.1) is 5.92 Å². The molecule has 118 valence electrons. The molecule has 2 aliphatic rings. The predicted molar refractivity (Wildman–Crippen MR) is 86.1 cm³/mol. The molecule has 0 amide bonds. The summed E-state index contributed by atoms with van der Waals surface area (Å²) in [4.78, 5) is 2.59. The fraction of sp³-hybridized carbons (Fsp3) is 0.778. The molecule has 0 radical (unpaired) electrons. The summed E-state index contributed by atoms with van der Waals surface area (Å²) in [6.07, 6.45) is 11.4. The summed E-state index contributed by atoms with van der Waals surface area (Å²) in [7, 11) is 0. The van der Waals surface area contributed by atoms with Crippen LogP contribution in [0.1, 0.15) is 63.2 Å². The van der Waals surface area contributed by atoms with E-state index in [0.29, 0.717) is 0 Å². The molecule has 1 aromatic heterocycles. The zero-order valence-electron chi connectivity index (χ0n) is 13.4. The minimum Gasteiger partial charge on any atom is -0.468 e. The maximum absolute atomic E-state index is 5.75. The Labute approximate surface area is 129 Å². The first kappa shape index (κ1) is 15.1. The van der Waals surface area contributed by atoms with Crippen LogP contribution in [0.3, 0.4) is 0 Å². The lowest BCUT2D eigenvalue weighted by Crippen LogP contribution is -2.25. The topological polar surface area (TPSA) is 28.4 Å². The van der Waals surface area contributed by atoms with Gasteiger partial charge in [0.2, 0.25) is 0 Å². The van der Waals surface area contributed by atoms with Gasteiger partial charge in [0.1, 0.15) is 5.76 Å². The molecule has 0 spiro atoms. The third-order valence-electron chi connectivity index (χ3n) is 5.00.